The molecule has 0 spiro atoms. The maximum atomic E-state index is 13.7. The molecule has 2 atom stereocenters. The Labute approximate surface area is 109 Å². The number of ether oxygens (including phenoxy) is 1. The Bertz CT molecular complexity index is 379. The van der Waals surface area contributed by atoms with Crippen molar-refractivity contribution >= 4 is 0 Å². The summed E-state index contributed by atoms with van der Waals surface area (Å²) < 4.78 is 19.5. The average Bonchev–Trinajstić information content (AvgIpc) is 3.20. The molecule has 0 heterocycles. The molecule has 0 aromatic heterocycles. The van der Waals surface area contributed by atoms with Crippen molar-refractivity contribution < 1.29 is 9.13 Å². The van der Waals surface area contributed by atoms with Gasteiger partial charge in [-0.05, 0) is 50.8 Å². The van der Waals surface area contributed by atoms with E-state index >= 15 is 0 Å². The Morgan fingerprint density at radius 2 is 2.11 bits per heavy atom. The van der Waals surface area contributed by atoms with Crippen molar-refractivity contribution in [3.8, 4) is 0 Å². The monoisotopic (exact) mass is 251 g/mol. The van der Waals surface area contributed by atoms with Crippen molar-refractivity contribution in [1.29, 1.82) is 0 Å². The number of likely N-dealkylation sites (N-methyl/N-ethyl adjacent to an activating group) is 1. The molecule has 18 heavy (non-hydrogen) atoms. The van der Waals surface area contributed by atoms with Crippen LogP contribution in [0.3, 0.4) is 0 Å². The Kier molecular flexibility index (Phi) is 4.72. The van der Waals surface area contributed by atoms with Crippen molar-refractivity contribution in [2.75, 3.05) is 13.7 Å². The quantitative estimate of drug-likeness (QED) is 0.804. The van der Waals surface area contributed by atoms with Crippen LogP contribution < -0.4 is 5.32 Å². The second-order valence-electron chi connectivity index (χ2n) is 4.95. The van der Waals surface area contributed by atoms with Crippen LogP contribution >= 0.6 is 0 Å². The van der Waals surface area contributed by atoms with Crippen LogP contribution in [-0.4, -0.2) is 25.8 Å². The van der Waals surface area contributed by atoms with Gasteiger partial charge in [0, 0.05) is 12.6 Å². The summed E-state index contributed by atoms with van der Waals surface area (Å²) in [6, 6.07) is 7.19. The summed E-state index contributed by atoms with van der Waals surface area (Å²) in [4.78, 5) is 0. The Hall–Kier alpha value is -0.930. The molecule has 0 bridgehead atoms. The topological polar surface area (TPSA) is 21.3 Å². The predicted molar refractivity (Wildman–Crippen MR) is 71.1 cm³/mol. The largest absolute Gasteiger partial charge is 0.377 e. The van der Waals surface area contributed by atoms with Gasteiger partial charge >= 0.3 is 0 Å². The van der Waals surface area contributed by atoms with E-state index < -0.39 is 0 Å². The summed E-state index contributed by atoms with van der Waals surface area (Å²) in [6.45, 7) is 2.74. The van der Waals surface area contributed by atoms with E-state index in [2.05, 4.69) is 5.32 Å². The van der Waals surface area contributed by atoms with Crippen LogP contribution in [0.2, 0.25) is 0 Å². The lowest BCUT2D eigenvalue weighted by molar-refractivity contribution is 0.0209. The van der Waals surface area contributed by atoms with Gasteiger partial charge in [0.25, 0.3) is 0 Å². The summed E-state index contributed by atoms with van der Waals surface area (Å²) in [5.74, 6) is 0.526. The molecule has 1 fully saturated rings. The van der Waals surface area contributed by atoms with E-state index in [1.807, 2.05) is 26.1 Å². The zero-order chi connectivity index (χ0) is 13.0. The van der Waals surface area contributed by atoms with Gasteiger partial charge < -0.3 is 10.1 Å². The normalized spacial score (nSPS) is 18.6. The fourth-order valence-corrected chi connectivity index (χ4v) is 2.48. The van der Waals surface area contributed by atoms with Gasteiger partial charge in [-0.2, -0.15) is 0 Å². The fourth-order valence-electron chi connectivity index (χ4n) is 2.48. The van der Waals surface area contributed by atoms with Crippen molar-refractivity contribution in [1.82, 2.24) is 5.32 Å². The molecule has 1 N–H and O–H groups in total. The Morgan fingerprint density at radius 1 is 1.39 bits per heavy atom. The third-order valence-electron chi connectivity index (χ3n) is 3.61. The molecule has 0 amide bonds. The van der Waals surface area contributed by atoms with E-state index in [-0.39, 0.29) is 18.0 Å². The molecule has 0 aliphatic heterocycles. The molecule has 0 radical (unpaired) electrons. The second kappa shape index (κ2) is 6.30. The lowest BCUT2D eigenvalue weighted by Gasteiger charge is -2.27. The number of rotatable bonds is 7. The van der Waals surface area contributed by atoms with Crippen molar-refractivity contribution in [3.05, 3.63) is 35.6 Å². The third kappa shape index (κ3) is 3.30. The van der Waals surface area contributed by atoms with Crippen LogP contribution in [0.15, 0.2) is 24.3 Å². The van der Waals surface area contributed by atoms with Crippen LogP contribution in [-0.2, 0) is 11.2 Å². The molecule has 3 heteroatoms. The smallest absolute Gasteiger partial charge is 0.126 e. The fraction of sp³-hybridized carbons (Fsp3) is 0.600. The molecule has 0 saturated heterocycles. The summed E-state index contributed by atoms with van der Waals surface area (Å²) >= 11 is 0. The molecule has 1 aromatic carbocycles. The molecule has 1 aliphatic carbocycles. The minimum atomic E-state index is -0.121. The zero-order valence-corrected chi connectivity index (χ0v) is 11.2. The van der Waals surface area contributed by atoms with Gasteiger partial charge in [0.05, 0.1) is 6.10 Å². The van der Waals surface area contributed by atoms with Crippen molar-refractivity contribution in [2.24, 2.45) is 5.92 Å². The van der Waals surface area contributed by atoms with Crippen LogP contribution in [0.4, 0.5) is 4.39 Å². The van der Waals surface area contributed by atoms with Gasteiger partial charge in [-0.15, -0.1) is 0 Å². The Morgan fingerprint density at radius 3 is 2.67 bits per heavy atom. The summed E-state index contributed by atoms with van der Waals surface area (Å²) in [6.07, 6.45) is 3.37. The molecular weight excluding hydrogens is 229 g/mol. The lowest BCUT2D eigenvalue weighted by atomic mass is 9.98. The van der Waals surface area contributed by atoms with E-state index in [4.69, 9.17) is 4.74 Å². The highest BCUT2D eigenvalue weighted by molar-refractivity contribution is 5.19. The number of nitrogens with one attached hydrogen (secondary N) is 1. The number of halogens is 1. The maximum absolute atomic E-state index is 13.7. The first-order valence-electron chi connectivity index (χ1n) is 6.78. The average molecular weight is 251 g/mol. The third-order valence-corrected chi connectivity index (χ3v) is 3.61. The SMILES string of the molecule is CCOC(C1CC1)C(Cc1ccccc1F)NC. The molecule has 2 nitrogen and oxygen atoms in total. The minimum absolute atomic E-state index is 0.121. The molecule has 100 valence electrons. The number of benzene rings is 1. The van der Waals surface area contributed by atoms with Gasteiger partial charge in [0.2, 0.25) is 0 Å². The molecule has 2 unspecified atom stereocenters. The highest BCUT2D eigenvalue weighted by atomic mass is 19.1. The molecule has 1 aromatic rings. The second-order valence-corrected chi connectivity index (χ2v) is 4.95. The van der Waals surface area contributed by atoms with Gasteiger partial charge in [0.15, 0.2) is 0 Å². The first-order chi connectivity index (χ1) is 8.76. The Balaban J connectivity index is 2.05. The molecular formula is C15H22FNO. The van der Waals surface area contributed by atoms with E-state index in [0.717, 1.165) is 12.2 Å². The van der Waals surface area contributed by atoms with E-state index in [9.17, 15) is 4.39 Å². The highest BCUT2D eigenvalue weighted by Crippen LogP contribution is 2.36. The van der Waals surface area contributed by atoms with Gasteiger partial charge in [-0.25, -0.2) is 4.39 Å². The summed E-state index contributed by atoms with van der Waals surface area (Å²) in [5.41, 5.74) is 0.766. The predicted octanol–water partition coefficient (Wildman–Crippen LogP) is 2.77. The van der Waals surface area contributed by atoms with Crippen molar-refractivity contribution in [2.45, 2.75) is 38.3 Å². The van der Waals surface area contributed by atoms with Gasteiger partial charge in [-0.1, -0.05) is 18.2 Å². The lowest BCUT2D eigenvalue weighted by Crippen LogP contribution is -2.42. The van der Waals surface area contributed by atoms with Crippen molar-refractivity contribution in [3.63, 3.8) is 0 Å². The number of hydrogen-bond donors (Lipinski definition) is 1. The first kappa shape index (κ1) is 13.5. The van der Waals surface area contributed by atoms with Crippen LogP contribution in [0.1, 0.15) is 25.3 Å². The van der Waals surface area contributed by atoms with E-state index in [1.54, 1.807) is 6.07 Å². The van der Waals surface area contributed by atoms with E-state index in [0.29, 0.717) is 12.3 Å². The summed E-state index contributed by atoms with van der Waals surface area (Å²) in [7, 11) is 1.93. The van der Waals surface area contributed by atoms with Gasteiger partial charge in [0.1, 0.15) is 5.82 Å². The maximum Gasteiger partial charge on any atom is 0.126 e. The molecule has 1 aliphatic rings. The molecule has 1 saturated carbocycles. The molecule has 2 rings (SSSR count). The highest BCUT2D eigenvalue weighted by Gasteiger charge is 2.36. The van der Waals surface area contributed by atoms with Crippen LogP contribution in [0.5, 0.6) is 0 Å². The van der Waals surface area contributed by atoms with E-state index in [1.165, 1.54) is 18.9 Å². The first-order valence-corrected chi connectivity index (χ1v) is 6.78. The van der Waals surface area contributed by atoms with Crippen LogP contribution in [0.25, 0.3) is 0 Å². The standard InChI is InChI=1S/C15H22FNO/c1-3-18-15(11-8-9-11)14(17-2)10-12-6-4-5-7-13(12)16/h4-7,11,14-15,17H,3,8-10H2,1-2H3. The van der Waals surface area contributed by atoms with Gasteiger partial charge in [-0.3, -0.25) is 0 Å². The van der Waals surface area contributed by atoms with Crippen LogP contribution in [0, 0.1) is 11.7 Å². The zero-order valence-electron chi connectivity index (χ0n) is 11.2. The minimum Gasteiger partial charge on any atom is -0.377 e. The number of hydrogen-bond acceptors (Lipinski definition) is 2. The summed E-state index contributed by atoms with van der Waals surface area (Å²) in [5, 5.41) is 3.29.